The summed E-state index contributed by atoms with van der Waals surface area (Å²) in [6, 6.07) is 14.3. The fourth-order valence-electron chi connectivity index (χ4n) is 3.75. The summed E-state index contributed by atoms with van der Waals surface area (Å²) < 4.78 is 79.6. The maximum Gasteiger partial charge on any atom is 0.416 e. The standard InChI is InChI=1S/C26H24F3NO6S/c1-17(2)14-30(25(31)19-8-11-23-24(12-19)35-16-34-23)15-18-6-9-21(10-7-18)36-37(32,33)22-5-3-4-20(13-22)26(27,28)29/h3-13,17H,14-16H2,1-2H3. The average molecular weight is 536 g/mol. The van der Waals surface area contributed by atoms with E-state index in [1.165, 1.54) is 12.1 Å². The second-order valence-electron chi connectivity index (χ2n) is 8.85. The number of alkyl halides is 3. The van der Waals surface area contributed by atoms with E-state index < -0.39 is 26.8 Å². The maximum atomic E-state index is 13.2. The lowest BCUT2D eigenvalue weighted by Crippen LogP contribution is -2.33. The normalized spacial score (nSPS) is 13.0. The molecule has 0 atom stereocenters. The Morgan fingerprint density at radius 3 is 2.38 bits per heavy atom. The predicted octanol–water partition coefficient (Wildman–Crippen LogP) is 5.50. The number of carbonyl (C=O) groups is 1. The molecule has 3 aromatic rings. The van der Waals surface area contributed by atoms with Gasteiger partial charge in [0.1, 0.15) is 10.6 Å². The quantitative estimate of drug-likeness (QED) is 0.355. The van der Waals surface area contributed by atoms with Crippen LogP contribution in [0.2, 0.25) is 0 Å². The van der Waals surface area contributed by atoms with Crippen LogP contribution in [0.25, 0.3) is 0 Å². The fourth-order valence-corrected chi connectivity index (χ4v) is 4.72. The van der Waals surface area contributed by atoms with Gasteiger partial charge >= 0.3 is 16.3 Å². The molecule has 0 saturated heterocycles. The molecule has 11 heteroatoms. The summed E-state index contributed by atoms with van der Waals surface area (Å²) in [5, 5.41) is 0. The van der Waals surface area contributed by atoms with Crippen LogP contribution in [0.5, 0.6) is 17.2 Å². The summed E-state index contributed by atoms with van der Waals surface area (Å²) in [7, 11) is -4.49. The van der Waals surface area contributed by atoms with Gasteiger partial charge in [0.25, 0.3) is 5.91 Å². The van der Waals surface area contributed by atoms with E-state index in [4.69, 9.17) is 13.7 Å². The van der Waals surface area contributed by atoms with Crippen LogP contribution in [0.4, 0.5) is 13.2 Å². The third-order valence-electron chi connectivity index (χ3n) is 5.45. The zero-order valence-electron chi connectivity index (χ0n) is 20.0. The van der Waals surface area contributed by atoms with Crippen molar-refractivity contribution in [1.29, 1.82) is 0 Å². The molecule has 7 nitrogen and oxygen atoms in total. The van der Waals surface area contributed by atoms with Crippen molar-refractivity contribution in [2.24, 2.45) is 5.92 Å². The summed E-state index contributed by atoms with van der Waals surface area (Å²) in [5.41, 5.74) is 0.0560. The zero-order chi connectivity index (χ0) is 26.8. The van der Waals surface area contributed by atoms with Crippen molar-refractivity contribution in [2.75, 3.05) is 13.3 Å². The van der Waals surface area contributed by atoms with E-state index in [1.807, 2.05) is 13.8 Å². The molecule has 4 rings (SSSR count). The first-order chi connectivity index (χ1) is 17.4. The van der Waals surface area contributed by atoms with Crippen LogP contribution in [0.3, 0.4) is 0 Å². The van der Waals surface area contributed by atoms with Crippen molar-refractivity contribution in [1.82, 2.24) is 4.90 Å². The molecule has 0 aliphatic carbocycles. The summed E-state index contributed by atoms with van der Waals surface area (Å²) in [4.78, 5) is 14.3. The van der Waals surface area contributed by atoms with E-state index in [0.29, 0.717) is 35.2 Å². The largest absolute Gasteiger partial charge is 0.454 e. The number of ether oxygens (including phenoxy) is 2. The van der Waals surface area contributed by atoms with E-state index in [2.05, 4.69) is 0 Å². The Morgan fingerprint density at radius 2 is 1.70 bits per heavy atom. The molecular weight excluding hydrogens is 511 g/mol. The van der Waals surface area contributed by atoms with Crippen molar-refractivity contribution in [3.63, 3.8) is 0 Å². The Balaban J connectivity index is 1.49. The molecule has 1 aliphatic rings. The summed E-state index contributed by atoms with van der Waals surface area (Å²) in [5.74, 6) is 0.970. The Bertz CT molecular complexity index is 1390. The molecule has 3 aromatic carbocycles. The molecule has 37 heavy (non-hydrogen) atoms. The number of halogens is 3. The highest BCUT2D eigenvalue weighted by Crippen LogP contribution is 2.33. The van der Waals surface area contributed by atoms with E-state index in [0.717, 1.165) is 18.2 Å². The van der Waals surface area contributed by atoms with Crippen molar-refractivity contribution in [3.8, 4) is 17.2 Å². The first kappa shape index (κ1) is 26.3. The lowest BCUT2D eigenvalue weighted by Gasteiger charge is -2.25. The average Bonchev–Trinajstić information content (AvgIpc) is 3.31. The molecule has 0 bridgehead atoms. The Hall–Kier alpha value is -3.73. The van der Waals surface area contributed by atoms with Gasteiger partial charge in [-0.15, -0.1) is 0 Å². The molecule has 196 valence electrons. The lowest BCUT2D eigenvalue weighted by atomic mass is 10.1. The number of fused-ring (bicyclic) bond motifs is 1. The van der Waals surface area contributed by atoms with Crippen molar-refractivity contribution in [2.45, 2.75) is 31.5 Å². The van der Waals surface area contributed by atoms with Gasteiger partial charge in [0.15, 0.2) is 11.5 Å². The molecule has 0 unspecified atom stereocenters. The molecule has 1 amide bonds. The van der Waals surface area contributed by atoms with Gasteiger partial charge in [0.05, 0.1) is 5.56 Å². The molecule has 0 spiro atoms. The number of benzene rings is 3. The van der Waals surface area contributed by atoms with Gasteiger partial charge in [-0.25, -0.2) is 0 Å². The van der Waals surface area contributed by atoms with Crippen LogP contribution < -0.4 is 13.7 Å². The van der Waals surface area contributed by atoms with Crippen molar-refractivity contribution >= 4 is 16.0 Å². The van der Waals surface area contributed by atoms with Crippen LogP contribution in [-0.2, 0) is 22.8 Å². The first-order valence-electron chi connectivity index (χ1n) is 11.3. The smallest absolute Gasteiger partial charge is 0.416 e. The molecular formula is C26H24F3NO6S. The van der Waals surface area contributed by atoms with Gasteiger partial charge in [-0.2, -0.15) is 21.6 Å². The van der Waals surface area contributed by atoms with Crippen molar-refractivity contribution < 1.29 is 40.0 Å². The zero-order valence-corrected chi connectivity index (χ0v) is 20.8. The van der Waals surface area contributed by atoms with Crippen LogP contribution in [0.15, 0.2) is 71.6 Å². The fraction of sp³-hybridized carbons (Fsp3) is 0.269. The molecule has 0 aromatic heterocycles. The van der Waals surface area contributed by atoms with Crippen LogP contribution in [0.1, 0.15) is 35.3 Å². The monoisotopic (exact) mass is 535 g/mol. The van der Waals surface area contributed by atoms with Gasteiger partial charge in [-0.3, -0.25) is 4.79 Å². The van der Waals surface area contributed by atoms with E-state index in [1.54, 1.807) is 35.2 Å². The van der Waals surface area contributed by atoms with Gasteiger partial charge in [-0.05, 0) is 60.0 Å². The molecule has 0 N–H and O–H groups in total. The van der Waals surface area contributed by atoms with E-state index in [-0.39, 0.29) is 30.9 Å². The topological polar surface area (TPSA) is 82.1 Å². The van der Waals surface area contributed by atoms with E-state index >= 15 is 0 Å². The van der Waals surface area contributed by atoms with Gasteiger partial charge in [0, 0.05) is 18.7 Å². The predicted molar refractivity (Wildman–Crippen MR) is 128 cm³/mol. The van der Waals surface area contributed by atoms with Crippen molar-refractivity contribution in [3.05, 3.63) is 83.4 Å². The highest BCUT2D eigenvalue weighted by atomic mass is 32.2. The lowest BCUT2D eigenvalue weighted by molar-refractivity contribution is -0.137. The third kappa shape index (κ3) is 6.34. The number of nitrogens with zero attached hydrogens (tertiary/aromatic N) is 1. The second-order valence-corrected chi connectivity index (χ2v) is 10.4. The molecule has 1 heterocycles. The minimum atomic E-state index is -4.69. The van der Waals surface area contributed by atoms with Gasteiger partial charge in [-0.1, -0.05) is 32.0 Å². The second kappa shape index (κ2) is 10.3. The maximum absolute atomic E-state index is 13.2. The third-order valence-corrected chi connectivity index (χ3v) is 6.69. The summed E-state index contributed by atoms with van der Waals surface area (Å²) in [6.07, 6.45) is -4.69. The Kier molecular flexibility index (Phi) is 7.35. The molecule has 0 radical (unpaired) electrons. The van der Waals surface area contributed by atoms with Gasteiger partial charge < -0.3 is 18.6 Å². The Morgan fingerprint density at radius 1 is 1.00 bits per heavy atom. The SMILES string of the molecule is CC(C)CN(Cc1ccc(OS(=O)(=O)c2cccc(C(F)(F)F)c2)cc1)C(=O)c1ccc2c(c1)OCO2. The highest BCUT2D eigenvalue weighted by molar-refractivity contribution is 7.87. The summed E-state index contributed by atoms with van der Waals surface area (Å²) >= 11 is 0. The number of hydrogen-bond donors (Lipinski definition) is 0. The minimum absolute atomic E-state index is 0.0707. The van der Waals surface area contributed by atoms with Crippen LogP contribution >= 0.6 is 0 Å². The Labute approximate surface area is 212 Å². The highest BCUT2D eigenvalue weighted by Gasteiger charge is 2.32. The van der Waals surface area contributed by atoms with Crippen LogP contribution in [0, 0.1) is 5.92 Å². The number of hydrogen-bond acceptors (Lipinski definition) is 6. The number of amides is 1. The first-order valence-corrected chi connectivity index (χ1v) is 12.7. The van der Waals surface area contributed by atoms with E-state index in [9.17, 15) is 26.4 Å². The molecule has 0 saturated carbocycles. The summed E-state index contributed by atoms with van der Waals surface area (Å²) in [6.45, 7) is 4.77. The number of rotatable bonds is 8. The molecule has 0 fully saturated rings. The minimum Gasteiger partial charge on any atom is -0.454 e. The van der Waals surface area contributed by atoms with Crippen LogP contribution in [-0.4, -0.2) is 32.6 Å². The van der Waals surface area contributed by atoms with Gasteiger partial charge in [0.2, 0.25) is 6.79 Å². The molecule has 1 aliphatic heterocycles. The number of carbonyl (C=O) groups excluding carboxylic acids is 1.